The number of carbonyl (C=O) groups excluding carboxylic acids is 1. The van der Waals surface area contributed by atoms with Crippen LogP contribution in [0.4, 0.5) is 0 Å². The molecule has 2 nitrogen and oxygen atoms in total. The molecule has 0 radical (unpaired) electrons. The molecule has 0 aromatic heterocycles. The highest BCUT2D eigenvalue weighted by Gasteiger charge is 2.10. The lowest BCUT2D eigenvalue weighted by Gasteiger charge is -2.10. The third-order valence-electron chi connectivity index (χ3n) is 2.76. The van der Waals surface area contributed by atoms with Gasteiger partial charge in [0.05, 0.1) is 0 Å². The Morgan fingerprint density at radius 2 is 1.82 bits per heavy atom. The number of hydrogen-bond acceptors (Lipinski definition) is 2. The van der Waals surface area contributed by atoms with Crippen molar-refractivity contribution in [3.8, 4) is 5.75 Å². The third-order valence-corrected chi connectivity index (χ3v) is 2.76. The van der Waals surface area contributed by atoms with Gasteiger partial charge in [-0.3, -0.25) is 0 Å². The van der Waals surface area contributed by atoms with Crippen LogP contribution in [-0.2, 0) is 11.2 Å². The Balaban J connectivity index is 2.19. The molecule has 2 heteroatoms. The van der Waals surface area contributed by atoms with Crippen molar-refractivity contribution in [3.05, 3.63) is 65.7 Å². The van der Waals surface area contributed by atoms with Crippen LogP contribution in [0.3, 0.4) is 0 Å². The first-order valence-corrected chi connectivity index (χ1v) is 5.58. The van der Waals surface area contributed by atoms with Gasteiger partial charge in [0, 0.05) is 5.92 Å². The number of benzene rings is 2. The maximum absolute atomic E-state index is 11.1. The highest BCUT2D eigenvalue weighted by Crippen LogP contribution is 2.20. The molecule has 0 spiro atoms. The van der Waals surface area contributed by atoms with Crippen LogP contribution in [0.2, 0.25) is 0 Å². The molecular weight excluding hydrogens is 212 g/mol. The lowest BCUT2D eigenvalue weighted by Crippen LogP contribution is -2.04. The second-order valence-electron chi connectivity index (χ2n) is 4.03. The van der Waals surface area contributed by atoms with Gasteiger partial charge in [-0.2, -0.15) is 0 Å². The van der Waals surface area contributed by atoms with Gasteiger partial charge in [0.1, 0.15) is 12.0 Å². The molecule has 2 rings (SSSR count). The van der Waals surface area contributed by atoms with E-state index in [1.807, 2.05) is 36.4 Å². The van der Waals surface area contributed by atoms with E-state index < -0.39 is 0 Å². The van der Waals surface area contributed by atoms with Crippen molar-refractivity contribution in [1.82, 2.24) is 0 Å². The Hall–Kier alpha value is -2.09. The summed E-state index contributed by atoms with van der Waals surface area (Å²) in [6.07, 6.45) is 1.57. The Kier molecular flexibility index (Phi) is 3.55. The minimum absolute atomic E-state index is 0.155. The van der Waals surface area contributed by atoms with Crippen LogP contribution in [-0.4, -0.2) is 11.4 Å². The van der Waals surface area contributed by atoms with Gasteiger partial charge < -0.3 is 9.90 Å². The van der Waals surface area contributed by atoms with Gasteiger partial charge >= 0.3 is 0 Å². The molecule has 1 N–H and O–H groups in total. The Morgan fingerprint density at radius 3 is 2.47 bits per heavy atom. The maximum atomic E-state index is 11.1. The van der Waals surface area contributed by atoms with Crippen LogP contribution in [0.25, 0.3) is 0 Å². The van der Waals surface area contributed by atoms with E-state index in [0.717, 1.165) is 17.4 Å². The molecular formula is C15H14O2. The largest absolute Gasteiger partial charge is 0.508 e. The fourth-order valence-corrected chi connectivity index (χ4v) is 1.88. The average Bonchev–Trinajstić information content (AvgIpc) is 2.37. The maximum Gasteiger partial charge on any atom is 0.127 e. The van der Waals surface area contributed by atoms with E-state index in [9.17, 15) is 9.90 Å². The second-order valence-corrected chi connectivity index (χ2v) is 4.03. The van der Waals surface area contributed by atoms with E-state index in [1.54, 1.807) is 18.2 Å². The van der Waals surface area contributed by atoms with Gasteiger partial charge in [0.25, 0.3) is 0 Å². The van der Waals surface area contributed by atoms with Gasteiger partial charge in [0.2, 0.25) is 0 Å². The first-order valence-electron chi connectivity index (χ1n) is 5.58. The Morgan fingerprint density at radius 1 is 1.06 bits per heavy atom. The molecule has 0 aliphatic heterocycles. The fraction of sp³-hybridized carbons (Fsp3) is 0.133. The Bertz CT molecular complexity index is 491. The molecule has 2 aromatic carbocycles. The molecule has 0 saturated heterocycles. The fourth-order valence-electron chi connectivity index (χ4n) is 1.88. The smallest absolute Gasteiger partial charge is 0.127 e. The molecule has 0 bridgehead atoms. The van der Waals surface area contributed by atoms with Crippen LogP contribution in [0, 0.1) is 0 Å². The van der Waals surface area contributed by atoms with Gasteiger partial charge in [-0.05, 0) is 29.7 Å². The zero-order valence-electron chi connectivity index (χ0n) is 9.41. The van der Waals surface area contributed by atoms with Crippen LogP contribution in [0.15, 0.2) is 54.6 Å². The molecule has 0 aliphatic carbocycles. The van der Waals surface area contributed by atoms with Crippen molar-refractivity contribution >= 4 is 6.29 Å². The van der Waals surface area contributed by atoms with Crippen LogP contribution in [0.5, 0.6) is 5.75 Å². The molecule has 0 fully saturated rings. The van der Waals surface area contributed by atoms with E-state index in [4.69, 9.17) is 0 Å². The van der Waals surface area contributed by atoms with Crippen molar-refractivity contribution in [3.63, 3.8) is 0 Å². The SMILES string of the molecule is O=CC(Cc1cccc(O)c1)c1ccccc1. The summed E-state index contributed by atoms with van der Waals surface area (Å²) in [5.41, 5.74) is 1.97. The lowest BCUT2D eigenvalue weighted by molar-refractivity contribution is -0.109. The van der Waals surface area contributed by atoms with Crippen LogP contribution >= 0.6 is 0 Å². The van der Waals surface area contributed by atoms with Crippen molar-refractivity contribution in [2.24, 2.45) is 0 Å². The molecule has 0 aliphatic rings. The lowest BCUT2D eigenvalue weighted by atomic mass is 9.93. The predicted molar refractivity (Wildman–Crippen MR) is 67.1 cm³/mol. The minimum atomic E-state index is -0.155. The Labute approximate surface area is 101 Å². The average molecular weight is 226 g/mol. The highest BCUT2D eigenvalue weighted by molar-refractivity contribution is 5.62. The minimum Gasteiger partial charge on any atom is -0.508 e. The molecule has 86 valence electrons. The topological polar surface area (TPSA) is 37.3 Å². The van der Waals surface area contributed by atoms with E-state index >= 15 is 0 Å². The molecule has 2 aromatic rings. The molecule has 1 atom stereocenters. The predicted octanol–water partition coefficient (Wildman–Crippen LogP) is 2.92. The summed E-state index contributed by atoms with van der Waals surface area (Å²) in [7, 11) is 0. The number of carbonyl (C=O) groups is 1. The summed E-state index contributed by atoms with van der Waals surface area (Å²) in [5.74, 6) is 0.0817. The van der Waals surface area contributed by atoms with Crippen LogP contribution in [0.1, 0.15) is 17.0 Å². The van der Waals surface area contributed by atoms with Gasteiger partial charge in [0.15, 0.2) is 0 Å². The van der Waals surface area contributed by atoms with E-state index in [-0.39, 0.29) is 11.7 Å². The number of phenols is 1. The summed E-state index contributed by atoms with van der Waals surface area (Å²) < 4.78 is 0. The molecule has 1 unspecified atom stereocenters. The van der Waals surface area contributed by atoms with E-state index in [2.05, 4.69) is 0 Å². The number of rotatable bonds is 4. The van der Waals surface area contributed by atoms with Crippen molar-refractivity contribution in [1.29, 1.82) is 0 Å². The molecule has 0 amide bonds. The summed E-state index contributed by atoms with van der Waals surface area (Å²) in [6, 6.07) is 16.7. The summed E-state index contributed by atoms with van der Waals surface area (Å²) >= 11 is 0. The van der Waals surface area contributed by atoms with Crippen molar-refractivity contribution in [2.75, 3.05) is 0 Å². The van der Waals surface area contributed by atoms with Gasteiger partial charge in [-0.1, -0.05) is 42.5 Å². The standard InChI is InChI=1S/C15H14O2/c16-11-14(13-6-2-1-3-7-13)9-12-5-4-8-15(17)10-12/h1-8,10-11,14,17H,9H2. The van der Waals surface area contributed by atoms with Crippen molar-refractivity contribution in [2.45, 2.75) is 12.3 Å². The monoisotopic (exact) mass is 226 g/mol. The molecule has 17 heavy (non-hydrogen) atoms. The quantitative estimate of drug-likeness (QED) is 0.814. The van der Waals surface area contributed by atoms with Gasteiger partial charge in [-0.25, -0.2) is 0 Å². The van der Waals surface area contributed by atoms with E-state index in [1.165, 1.54) is 0 Å². The summed E-state index contributed by atoms with van der Waals surface area (Å²) in [4.78, 5) is 11.1. The molecule has 0 saturated carbocycles. The molecule has 0 heterocycles. The number of aromatic hydroxyl groups is 1. The van der Waals surface area contributed by atoms with Gasteiger partial charge in [-0.15, -0.1) is 0 Å². The van der Waals surface area contributed by atoms with E-state index in [0.29, 0.717) is 6.42 Å². The summed E-state index contributed by atoms with van der Waals surface area (Å²) in [6.45, 7) is 0. The first kappa shape index (κ1) is 11.4. The summed E-state index contributed by atoms with van der Waals surface area (Å²) in [5, 5.41) is 9.38. The van der Waals surface area contributed by atoms with Crippen LogP contribution < -0.4 is 0 Å². The highest BCUT2D eigenvalue weighted by atomic mass is 16.3. The number of hydrogen-bond donors (Lipinski definition) is 1. The second kappa shape index (κ2) is 5.30. The normalized spacial score (nSPS) is 12.0. The zero-order valence-corrected chi connectivity index (χ0v) is 9.41. The third kappa shape index (κ3) is 2.94. The zero-order chi connectivity index (χ0) is 12.1. The number of aldehydes is 1. The van der Waals surface area contributed by atoms with Crippen molar-refractivity contribution < 1.29 is 9.90 Å². The number of phenolic OH excluding ortho intramolecular Hbond substituents is 1. The first-order chi connectivity index (χ1) is 8.29.